The molecular formula is C20H26N4O2. The highest BCUT2D eigenvalue weighted by Crippen LogP contribution is 2.40. The molecule has 26 heavy (non-hydrogen) atoms. The summed E-state index contributed by atoms with van der Waals surface area (Å²) < 4.78 is 6.70. The minimum Gasteiger partial charge on any atom is -0.497 e. The molecule has 6 heteroatoms. The fraction of sp³-hybridized carbons (Fsp3) is 0.500. The van der Waals surface area contributed by atoms with E-state index in [4.69, 9.17) is 4.74 Å². The Balaban J connectivity index is 1.36. The predicted molar refractivity (Wildman–Crippen MR) is 99.3 cm³/mol. The minimum atomic E-state index is 0.00331. The number of amides is 1. The highest BCUT2D eigenvalue weighted by atomic mass is 16.5. The summed E-state index contributed by atoms with van der Waals surface area (Å²) in [4.78, 5) is 17.1. The molecule has 0 radical (unpaired) electrons. The summed E-state index contributed by atoms with van der Waals surface area (Å²) in [7, 11) is 1.69. The van der Waals surface area contributed by atoms with Gasteiger partial charge in [0, 0.05) is 37.8 Å². The average molecular weight is 354 g/mol. The highest BCUT2D eigenvalue weighted by Gasteiger charge is 2.44. The zero-order chi connectivity index (χ0) is 18.1. The zero-order valence-corrected chi connectivity index (χ0v) is 15.5. The van der Waals surface area contributed by atoms with Gasteiger partial charge >= 0.3 is 6.03 Å². The molecule has 4 rings (SSSR count). The third-order valence-corrected chi connectivity index (χ3v) is 5.70. The van der Waals surface area contributed by atoms with Crippen molar-refractivity contribution in [2.45, 2.75) is 26.3 Å². The second kappa shape index (κ2) is 6.76. The van der Waals surface area contributed by atoms with Crippen LogP contribution in [-0.2, 0) is 6.54 Å². The molecule has 0 bridgehead atoms. The van der Waals surface area contributed by atoms with Gasteiger partial charge in [-0.1, -0.05) is 12.1 Å². The van der Waals surface area contributed by atoms with Gasteiger partial charge in [-0.25, -0.2) is 4.79 Å². The Labute approximate surface area is 154 Å². The molecule has 0 N–H and O–H groups in total. The smallest absolute Gasteiger partial charge is 0.344 e. The van der Waals surface area contributed by atoms with Crippen molar-refractivity contribution in [3.8, 4) is 5.75 Å². The van der Waals surface area contributed by atoms with Gasteiger partial charge in [0.1, 0.15) is 5.75 Å². The number of methoxy groups -OCH3 is 1. The maximum Gasteiger partial charge on any atom is 0.344 e. The Hall–Kier alpha value is -2.34. The standard InChI is InChI=1S/C20H26N4O2/c1-16-11-21-24(12-16)19(25)23-10-8-20(15-23)7-9-22(14-20)13-17-3-5-18(26-2)6-4-17/h3-6,11-12H,7-10,13-15H2,1-2H3. The summed E-state index contributed by atoms with van der Waals surface area (Å²) >= 11 is 0. The molecule has 0 aliphatic carbocycles. The van der Waals surface area contributed by atoms with Crippen molar-refractivity contribution < 1.29 is 9.53 Å². The molecule has 1 spiro atoms. The third kappa shape index (κ3) is 3.33. The van der Waals surface area contributed by atoms with Gasteiger partial charge in [-0.2, -0.15) is 9.78 Å². The van der Waals surface area contributed by atoms with Crippen LogP contribution >= 0.6 is 0 Å². The van der Waals surface area contributed by atoms with E-state index in [0.717, 1.165) is 56.9 Å². The molecule has 2 saturated heterocycles. The number of aryl methyl sites for hydroxylation is 1. The number of carbonyl (C=O) groups excluding carboxylic acids is 1. The van der Waals surface area contributed by atoms with Crippen LogP contribution in [0.1, 0.15) is 24.0 Å². The Morgan fingerprint density at radius 2 is 1.96 bits per heavy atom. The van der Waals surface area contributed by atoms with Crippen molar-refractivity contribution in [2.75, 3.05) is 33.3 Å². The molecule has 0 saturated carbocycles. The molecule has 138 valence electrons. The molecule has 1 aromatic heterocycles. The second-order valence-electron chi connectivity index (χ2n) is 7.73. The zero-order valence-electron chi connectivity index (χ0n) is 15.5. The van der Waals surface area contributed by atoms with Crippen LogP contribution in [0.15, 0.2) is 36.7 Å². The lowest BCUT2D eigenvalue weighted by atomic mass is 9.86. The number of hydrogen-bond donors (Lipinski definition) is 0. The van der Waals surface area contributed by atoms with Crippen molar-refractivity contribution in [1.82, 2.24) is 19.6 Å². The Morgan fingerprint density at radius 1 is 1.19 bits per heavy atom. The molecule has 1 aromatic carbocycles. The minimum absolute atomic E-state index is 0.00331. The van der Waals surface area contributed by atoms with E-state index in [1.54, 1.807) is 19.5 Å². The van der Waals surface area contributed by atoms with Crippen LogP contribution in [0, 0.1) is 12.3 Å². The van der Waals surface area contributed by atoms with Crippen molar-refractivity contribution in [3.63, 3.8) is 0 Å². The topological polar surface area (TPSA) is 50.6 Å². The fourth-order valence-electron chi connectivity index (χ4n) is 4.25. The number of nitrogens with zero attached hydrogens (tertiary/aromatic N) is 4. The van der Waals surface area contributed by atoms with Crippen molar-refractivity contribution in [1.29, 1.82) is 0 Å². The molecule has 2 aliphatic rings. The SMILES string of the molecule is COc1ccc(CN2CCC3(CCN(C(=O)n4cc(C)cn4)C3)C2)cc1. The van der Waals surface area contributed by atoms with Crippen molar-refractivity contribution >= 4 is 6.03 Å². The van der Waals surface area contributed by atoms with Gasteiger partial charge in [0.25, 0.3) is 0 Å². The van der Waals surface area contributed by atoms with E-state index in [1.165, 1.54) is 10.2 Å². The molecule has 6 nitrogen and oxygen atoms in total. The average Bonchev–Trinajstić information content (AvgIpc) is 3.37. The largest absolute Gasteiger partial charge is 0.497 e. The van der Waals surface area contributed by atoms with Crippen LogP contribution in [0.4, 0.5) is 4.79 Å². The molecule has 2 aliphatic heterocycles. The van der Waals surface area contributed by atoms with Gasteiger partial charge in [0.15, 0.2) is 0 Å². The van der Waals surface area contributed by atoms with E-state index in [9.17, 15) is 4.79 Å². The van der Waals surface area contributed by atoms with E-state index in [1.807, 2.05) is 24.0 Å². The van der Waals surface area contributed by atoms with Gasteiger partial charge in [-0.05, 0) is 49.6 Å². The van der Waals surface area contributed by atoms with Crippen molar-refractivity contribution in [2.24, 2.45) is 5.41 Å². The van der Waals surface area contributed by atoms with E-state index < -0.39 is 0 Å². The number of carbonyl (C=O) groups is 1. The number of hydrogen-bond acceptors (Lipinski definition) is 4. The maximum atomic E-state index is 12.6. The quantitative estimate of drug-likeness (QED) is 0.850. The van der Waals surface area contributed by atoms with Gasteiger partial charge in [-0.3, -0.25) is 4.90 Å². The van der Waals surface area contributed by atoms with Crippen molar-refractivity contribution in [3.05, 3.63) is 47.8 Å². The highest BCUT2D eigenvalue weighted by molar-refractivity contribution is 5.76. The second-order valence-corrected chi connectivity index (χ2v) is 7.73. The molecule has 3 heterocycles. The molecule has 1 amide bonds. The van der Waals surface area contributed by atoms with E-state index in [0.29, 0.717) is 0 Å². The van der Waals surface area contributed by atoms with Crippen LogP contribution in [0.25, 0.3) is 0 Å². The first-order chi connectivity index (χ1) is 12.6. The Kier molecular flexibility index (Phi) is 4.44. The molecule has 1 unspecified atom stereocenters. The van der Waals surface area contributed by atoms with Gasteiger partial charge < -0.3 is 9.64 Å². The summed E-state index contributed by atoms with van der Waals surface area (Å²) in [6.07, 6.45) is 5.77. The van der Waals surface area contributed by atoms with Crippen LogP contribution < -0.4 is 4.74 Å². The van der Waals surface area contributed by atoms with E-state index in [2.05, 4.69) is 22.1 Å². The first-order valence-corrected chi connectivity index (χ1v) is 9.23. The number of rotatable bonds is 3. The molecule has 2 aromatic rings. The summed E-state index contributed by atoms with van der Waals surface area (Å²) in [5, 5.41) is 4.17. The van der Waals surface area contributed by atoms with Crippen LogP contribution in [-0.4, -0.2) is 58.9 Å². The maximum absolute atomic E-state index is 12.6. The Morgan fingerprint density at radius 3 is 2.65 bits per heavy atom. The molecule has 2 fully saturated rings. The number of ether oxygens (including phenoxy) is 1. The van der Waals surface area contributed by atoms with Crippen LogP contribution in [0.5, 0.6) is 5.75 Å². The normalized spacial score (nSPS) is 23.1. The summed E-state index contributed by atoms with van der Waals surface area (Å²) in [6.45, 7) is 6.72. The van der Waals surface area contributed by atoms with Crippen LogP contribution in [0.3, 0.4) is 0 Å². The molecular weight excluding hydrogens is 328 g/mol. The third-order valence-electron chi connectivity index (χ3n) is 5.70. The van der Waals surface area contributed by atoms with Gasteiger partial charge in [-0.15, -0.1) is 0 Å². The monoisotopic (exact) mass is 354 g/mol. The lowest BCUT2D eigenvalue weighted by Crippen LogP contribution is -2.36. The Bertz CT molecular complexity index is 785. The fourth-order valence-corrected chi connectivity index (χ4v) is 4.25. The van der Waals surface area contributed by atoms with E-state index >= 15 is 0 Å². The number of likely N-dealkylation sites (tertiary alicyclic amines) is 2. The number of benzene rings is 1. The first kappa shape index (κ1) is 17.1. The predicted octanol–water partition coefficient (Wildman–Crippen LogP) is 2.77. The first-order valence-electron chi connectivity index (χ1n) is 9.23. The van der Waals surface area contributed by atoms with Gasteiger partial charge in [0.05, 0.1) is 13.3 Å². The molecule has 1 atom stereocenters. The van der Waals surface area contributed by atoms with E-state index in [-0.39, 0.29) is 11.4 Å². The number of aromatic nitrogens is 2. The summed E-state index contributed by atoms with van der Waals surface area (Å²) in [5.41, 5.74) is 2.56. The van der Waals surface area contributed by atoms with Gasteiger partial charge in [0.2, 0.25) is 0 Å². The summed E-state index contributed by atoms with van der Waals surface area (Å²) in [6, 6.07) is 8.30. The van der Waals surface area contributed by atoms with Crippen LogP contribution in [0.2, 0.25) is 0 Å². The lowest BCUT2D eigenvalue weighted by molar-refractivity contribution is 0.196. The lowest BCUT2D eigenvalue weighted by Gasteiger charge is -2.24. The summed E-state index contributed by atoms with van der Waals surface area (Å²) in [5.74, 6) is 0.894.